The van der Waals surface area contributed by atoms with Gasteiger partial charge >= 0.3 is 0 Å². The maximum absolute atomic E-state index is 13.2. The average Bonchev–Trinajstić information content (AvgIpc) is 2.46. The molecular weight excluding hydrogens is 283 g/mol. The van der Waals surface area contributed by atoms with E-state index in [2.05, 4.69) is 5.32 Å². The zero-order valence-electron chi connectivity index (χ0n) is 11.1. The highest BCUT2D eigenvalue weighted by Crippen LogP contribution is 2.33. The van der Waals surface area contributed by atoms with E-state index in [1.165, 1.54) is 12.1 Å². The molecule has 6 heteroatoms. The third-order valence-electron chi connectivity index (χ3n) is 3.70. The summed E-state index contributed by atoms with van der Waals surface area (Å²) in [4.78, 5) is 14.3. The zero-order valence-corrected chi connectivity index (χ0v) is 11.9. The first-order valence-electron chi connectivity index (χ1n) is 6.70. The monoisotopic (exact) mass is 300 g/mol. The van der Waals surface area contributed by atoms with E-state index in [4.69, 9.17) is 4.74 Å². The van der Waals surface area contributed by atoms with Crippen LogP contribution in [0.3, 0.4) is 0 Å². The molecule has 0 saturated carbocycles. The Kier molecular flexibility index (Phi) is 4.83. The molecule has 1 unspecified atom stereocenters. The van der Waals surface area contributed by atoms with E-state index in [0.717, 1.165) is 25.9 Å². The van der Waals surface area contributed by atoms with E-state index in [0.29, 0.717) is 24.6 Å². The van der Waals surface area contributed by atoms with Crippen molar-refractivity contribution in [2.24, 2.45) is 5.92 Å². The number of piperidine rings is 1. The third kappa shape index (κ3) is 2.88. The lowest BCUT2D eigenvalue weighted by Gasteiger charge is -2.33. The first-order chi connectivity index (χ1) is 9.25. The number of nitrogens with zero attached hydrogens (tertiary/aromatic N) is 1. The van der Waals surface area contributed by atoms with Gasteiger partial charge in [-0.05, 0) is 31.5 Å². The van der Waals surface area contributed by atoms with Gasteiger partial charge < -0.3 is 15.0 Å². The lowest BCUT2D eigenvalue weighted by molar-refractivity contribution is -0.123. The van der Waals surface area contributed by atoms with Crippen molar-refractivity contribution in [2.45, 2.75) is 12.8 Å². The number of anilines is 1. The van der Waals surface area contributed by atoms with Gasteiger partial charge in [-0.15, -0.1) is 12.4 Å². The number of carbonyl (C=O) groups is 1. The highest BCUT2D eigenvalue weighted by atomic mass is 35.5. The first-order valence-corrected chi connectivity index (χ1v) is 6.70. The quantitative estimate of drug-likeness (QED) is 0.862. The Bertz CT molecular complexity index is 492. The number of fused-ring (bicyclic) bond motifs is 1. The van der Waals surface area contributed by atoms with Gasteiger partial charge in [0.2, 0.25) is 5.91 Å². The Balaban J connectivity index is 0.00000147. The first kappa shape index (κ1) is 15.1. The number of nitrogens with one attached hydrogen (secondary N) is 1. The Labute approximate surface area is 123 Å². The Hall–Kier alpha value is -1.33. The summed E-state index contributed by atoms with van der Waals surface area (Å²) in [5.74, 6) is 0.254. The molecule has 1 N–H and O–H groups in total. The van der Waals surface area contributed by atoms with Crippen LogP contribution in [0.4, 0.5) is 10.1 Å². The molecule has 2 aliphatic rings. The van der Waals surface area contributed by atoms with Gasteiger partial charge in [-0.2, -0.15) is 0 Å². The molecule has 0 aromatic heterocycles. The average molecular weight is 301 g/mol. The minimum absolute atomic E-state index is 0. The van der Waals surface area contributed by atoms with Crippen LogP contribution in [0.2, 0.25) is 0 Å². The van der Waals surface area contributed by atoms with Crippen LogP contribution in [0.1, 0.15) is 12.8 Å². The molecule has 1 amide bonds. The van der Waals surface area contributed by atoms with E-state index < -0.39 is 0 Å². The largest absolute Gasteiger partial charge is 0.489 e. The van der Waals surface area contributed by atoms with Crippen LogP contribution < -0.4 is 15.0 Å². The van der Waals surface area contributed by atoms with E-state index >= 15 is 0 Å². The van der Waals surface area contributed by atoms with E-state index in [9.17, 15) is 9.18 Å². The summed E-state index contributed by atoms with van der Waals surface area (Å²) in [7, 11) is 0. The topological polar surface area (TPSA) is 41.6 Å². The van der Waals surface area contributed by atoms with Crippen molar-refractivity contribution in [1.29, 1.82) is 0 Å². The molecule has 0 bridgehead atoms. The maximum Gasteiger partial charge on any atom is 0.231 e. The van der Waals surface area contributed by atoms with Gasteiger partial charge in [0.1, 0.15) is 18.2 Å². The van der Waals surface area contributed by atoms with E-state index in [1.807, 2.05) is 0 Å². The second-order valence-corrected chi connectivity index (χ2v) is 4.99. The SMILES string of the molecule is Cl.O=C(C1CCCNC1)N1CCOc2cc(F)ccc21. The summed E-state index contributed by atoms with van der Waals surface area (Å²) < 4.78 is 18.6. The molecule has 1 aromatic rings. The fourth-order valence-electron chi connectivity index (χ4n) is 2.71. The molecule has 2 heterocycles. The number of halogens is 2. The number of amides is 1. The lowest BCUT2D eigenvalue weighted by Crippen LogP contribution is -2.46. The number of carbonyl (C=O) groups excluding carboxylic acids is 1. The predicted octanol–water partition coefficient (Wildman–Crippen LogP) is 1.97. The molecule has 2 aliphatic heterocycles. The molecule has 1 saturated heterocycles. The van der Waals surface area contributed by atoms with Crippen molar-refractivity contribution in [3.05, 3.63) is 24.0 Å². The standard InChI is InChI=1S/C14H17FN2O2.ClH/c15-11-3-4-12-13(8-11)19-7-6-17(12)14(18)10-2-1-5-16-9-10;/h3-4,8,10,16H,1-2,5-7,9H2;1H. The molecule has 0 aliphatic carbocycles. The van der Waals surface area contributed by atoms with Gasteiger partial charge in [0, 0.05) is 12.6 Å². The van der Waals surface area contributed by atoms with Gasteiger partial charge in [-0.1, -0.05) is 0 Å². The zero-order chi connectivity index (χ0) is 13.2. The summed E-state index contributed by atoms with van der Waals surface area (Å²) in [6, 6.07) is 4.33. The highest BCUT2D eigenvalue weighted by Gasteiger charge is 2.30. The molecule has 1 atom stereocenters. The fraction of sp³-hybridized carbons (Fsp3) is 0.500. The Morgan fingerprint density at radius 2 is 2.30 bits per heavy atom. The minimum Gasteiger partial charge on any atom is -0.489 e. The van der Waals surface area contributed by atoms with E-state index in [1.54, 1.807) is 11.0 Å². The number of rotatable bonds is 1. The number of ether oxygens (including phenoxy) is 1. The summed E-state index contributed by atoms with van der Waals surface area (Å²) in [6.07, 6.45) is 1.94. The minimum atomic E-state index is -0.340. The van der Waals surface area contributed by atoms with Crippen LogP contribution >= 0.6 is 12.4 Å². The number of hydrogen-bond acceptors (Lipinski definition) is 3. The molecule has 0 radical (unpaired) electrons. The van der Waals surface area contributed by atoms with Crippen LogP contribution in [0, 0.1) is 11.7 Å². The maximum atomic E-state index is 13.2. The van der Waals surface area contributed by atoms with Crippen LogP contribution in [-0.2, 0) is 4.79 Å². The van der Waals surface area contributed by atoms with Crippen molar-refractivity contribution in [3.63, 3.8) is 0 Å². The number of hydrogen-bond donors (Lipinski definition) is 1. The Morgan fingerprint density at radius 3 is 3.05 bits per heavy atom. The van der Waals surface area contributed by atoms with Crippen LogP contribution in [-0.4, -0.2) is 32.1 Å². The van der Waals surface area contributed by atoms with E-state index in [-0.39, 0.29) is 30.0 Å². The van der Waals surface area contributed by atoms with Crippen LogP contribution in [0.25, 0.3) is 0 Å². The summed E-state index contributed by atoms with van der Waals surface area (Å²) in [5.41, 5.74) is 0.684. The summed E-state index contributed by atoms with van der Waals surface area (Å²) in [6.45, 7) is 2.66. The van der Waals surface area contributed by atoms with Gasteiger partial charge in [0.15, 0.2) is 0 Å². The molecule has 1 aromatic carbocycles. The molecule has 3 rings (SSSR count). The molecule has 20 heavy (non-hydrogen) atoms. The smallest absolute Gasteiger partial charge is 0.231 e. The second-order valence-electron chi connectivity index (χ2n) is 4.99. The van der Waals surface area contributed by atoms with Crippen LogP contribution in [0.5, 0.6) is 5.75 Å². The number of benzene rings is 1. The molecule has 110 valence electrons. The van der Waals surface area contributed by atoms with Gasteiger partial charge in [0.25, 0.3) is 0 Å². The fourth-order valence-corrected chi connectivity index (χ4v) is 2.71. The third-order valence-corrected chi connectivity index (χ3v) is 3.70. The van der Waals surface area contributed by atoms with Crippen molar-refractivity contribution in [1.82, 2.24) is 5.32 Å². The lowest BCUT2D eigenvalue weighted by atomic mass is 9.97. The van der Waals surface area contributed by atoms with Gasteiger partial charge in [0.05, 0.1) is 18.2 Å². The van der Waals surface area contributed by atoms with Crippen molar-refractivity contribution < 1.29 is 13.9 Å². The van der Waals surface area contributed by atoms with Crippen molar-refractivity contribution >= 4 is 24.0 Å². The normalized spacial score (nSPS) is 21.4. The highest BCUT2D eigenvalue weighted by molar-refractivity contribution is 5.97. The second kappa shape index (κ2) is 6.41. The summed E-state index contributed by atoms with van der Waals surface area (Å²) in [5, 5.41) is 3.25. The molecule has 1 fully saturated rings. The summed E-state index contributed by atoms with van der Waals surface area (Å²) >= 11 is 0. The van der Waals surface area contributed by atoms with Crippen LogP contribution in [0.15, 0.2) is 18.2 Å². The molecule has 0 spiro atoms. The van der Waals surface area contributed by atoms with Gasteiger partial charge in [-0.3, -0.25) is 4.79 Å². The predicted molar refractivity (Wildman–Crippen MR) is 77.1 cm³/mol. The Morgan fingerprint density at radius 1 is 1.45 bits per heavy atom. The van der Waals surface area contributed by atoms with Crippen molar-refractivity contribution in [3.8, 4) is 5.75 Å². The molecule has 4 nitrogen and oxygen atoms in total. The van der Waals surface area contributed by atoms with Gasteiger partial charge in [-0.25, -0.2) is 4.39 Å². The molecular formula is C14H18ClFN2O2. The van der Waals surface area contributed by atoms with Crippen molar-refractivity contribution in [2.75, 3.05) is 31.1 Å².